The second-order valence-electron chi connectivity index (χ2n) is 6.28. The lowest BCUT2D eigenvalue weighted by atomic mass is 10.1. The molecule has 1 saturated carbocycles. The molecule has 136 valence electrons. The van der Waals surface area contributed by atoms with E-state index in [4.69, 9.17) is 16.3 Å². The van der Waals surface area contributed by atoms with Crippen molar-refractivity contribution >= 4 is 35.2 Å². The molecule has 2 amide bonds. The lowest BCUT2D eigenvalue weighted by Crippen LogP contribution is -2.42. The Bertz CT molecular complexity index is 852. The van der Waals surface area contributed by atoms with Gasteiger partial charge in [-0.2, -0.15) is 0 Å². The van der Waals surface area contributed by atoms with Crippen molar-refractivity contribution in [2.24, 2.45) is 0 Å². The number of halogens is 1. The Labute approximate surface area is 159 Å². The molecule has 9 heteroatoms. The summed E-state index contributed by atoms with van der Waals surface area (Å²) in [4.78, 5) is 23.3. The highest BCUT2D eigenvalue weighted by Gasteiger charge is 2.34. The number of ether oxygens (including phenoxy) is 1. The van der Waals surface area contributed by atoms with E-state index in [9.17, 15) is 9.59 Å². The number of nitrogens with one attached hydrogen (secondary N) is 1. The molecule has 1 N–H and O–H groups in total. The van der Waals surface area contributed by atoms with Crippen LogP contribution in [0.2, 0.25) is 5.02 Å². The zero-order valence-corrected chi connectivity index (χ0v) is 15.4. The van der Waals surface area contributed by atoms with Crippen LogP contribution in [0.25, 0.3) is 0 Å². The van der Waals surface area contributed by atoms with E-state index >= 15 is 0 Å². The van der Waals surface area contributed by atoms with Crippen LogP contribution >= 0.6 is 23.4 Å². The van der Waals surface area contributed by atoms with Crippen molar-refractivity contribution in [1.82, 2.24) is 20.1 Å². The fraction of sp³-hybridized carbons (Fsp3) is 0.412. The highest BCUT2D eigenvalue weighted by atomic mass is 35.5. The van der Waals surface area contributed by atoms with Gasteiger partial charge in [0.1, 0.15) is 12.4 Å². The molecule has 2 fully saturated rings. The maximum absolute atomic E-state index is 12.0. The molecule has 0 bridgehead atoms. The summed E-state index contributed by atoms with van der Waals surface area (Å²) < 4.78 is 7.84. The highest BCUT2D eigenvalue weighted by molar-refractivity contribution is 8.00. The van der Waals surface area contributed by atoms with Crippen LogP contribution in [-0.4, -0.2) is 31.8 Å². The Morgan fingerprint density at radius 2 is 2.04 bits per heavy atom. The average Bonchev–Trinajstić information content (AvgIpc) is 3.38. The molecule has 1 aromatic heterocycles. The van der Waals surface area contributed by atoms with E-state index in [-0.39, 0.29) is 23.7 Å². The Kier molecular flexibility index (Phi) is 4.86. The molecule has 2 aliphatic rings. The fourth-order valence-corrected chi connectivity index (χ4v) is 4.11. The molecule has 2 heterocycles. The van der Waals surface area contributed by atoms with Gasteiger partial charge in [0.15, 0.2) is 11.0 Å². The predicted molar refractivity (Wildman–Crippen MR) is 96.1 cm³/mol. The second-order valence-corrected chi connectivity index (χ2v) is 7.85. The van der Waals surface area contributed by atoms with E-state index in [0.717, 1.165) is 12.8 Å². The number of para-hydroxylation sites is 1. The van der Waals surface area contributed by atoms with Crippen molar-refractivity contribution in [2.45, 2.75) is 48.7 Å². The van der Waals surface area contributed by atoms with Gasteiger partial charge in [0, 0.05) is 12.5 Å². The Hall–Kier alpha value is -2.06. The normalized spacial score (nSPS) is 20.1. The third-order valence-corrected chi connectivity index (χ3v) is 5.81. The quantitative estimate of drug-likeness (QED) is 0.761. The average molecular weight is 393 g/mol. The van der Waals surface area contributed by atoms with Gasteiger partial charge in [-0.1, -0.05) is 35.5 Å². The summed E-state index contributed by atoms with van der Waals surface area (Å²) in [5, 5.41) is 11.8. The molecule has 0 spiro atoms. The Balaban J connectivity index is 1.49. The summed E-state index contributed by atoms with van der Waals surface area (Å²) in [6.45, 7) is 0.253. The van der Waals surface area contributed by atoms with Gasteiger partial charge < -0.3 is 4.74 Å². The topological polar surface area (TPSA) is 86.1 Å². The second kappa shape index (κ2) is 7.28. The molecule has 1 aromatic carbocycles. The SMILES string of the molecule is O=C1CCC(Sc2nnc(COc3ccccc3Cl)n2C2CC2)C(=O)N1. The third kappa shape index (κ3) is 3.71. The molecule has 26 heavy (non-hydrogen) atoms. The summed E-state index contributed by atoms with van der Waals surface area (Å²) in [5.41, 5.74) is 0. The Morgan fingerprint density at radius 1 is 1.23 bits per heavy atom. The standard InChI is InChI=1S/C17H17ClN4O3S/c18-11-3-1-2-4-12(11)25-9-14-20-21-17(22(14)10-5-6-10)26-13-7-8-15(23)19-16(13)24/h1-4,10,13H,5-9H2,(H,19,23,24). The van der Waals surface area contributed by atoms with Crippen molar-refractivity contribution in [1.29, 1.82) is 0 Å². The number of carbonyl (C=O) groups is 2. The molecule has 0 radical (unpaired) electrons. The number of hydrogen-bond donors (Lipinski definition) is 1. The van der Waals surface area contributed by atoms with Crippen molar-refractivity contribution in [2.75, 3.05) is 0 Å². The van der Waals surface area contributed by atoms with Crippen LogP contribution in [-0.2, 0) is 16.2 Å². The first kappa shape index (κ1) is 17.4. The number of aromatic nitrogens is 3. The van der Waals surface area contributed by atoms with Gasteiger partial charge in [-0.3, -0.25) is 19.5 Å². The monoisotopic (exact) mass is 392 g/mol. The summed E-state index contributed by atoms with van der Waals surface area (Å²) in [6, 6.07) is 7.62. The minimum Gasteiger partial charge on any atom is -0.484 e. The molecular formula is C17H17ClN4O3S. The summed E-state index contributed by atoms with van der Waals surface area (Å²) in [6.07, 6.45) is 2.97. The maximum atomic E-state index is 12.0. The van der Waals surface area contributed by atoms with Crippen molar-refractivity contribution < 1.29 is 14.3 Å². The number of benzene rings is 1. The predicted octanol–water partition coefficient (Wildman–Crippen LogP) is 2.74. The first-order chi connectivity index (χ1) is 12.6. The summed E-state index contributed by atoms with van der Waals surface area (Å²) >= 11 is 7.48. The molecule has 1 aliphatic carbocycles. The smallest absolute Gasteiger partial charge is 0.240 e. The number of thioether (sulfide) groups is 1. The van der Waals surface area contributed by atoms with E-state index < -0.39 is 0 Å². The van der Waals surface area contributed by atoms with Crippen LogP contribution in [0.3, 0.4) is 0 Å². The van der Waals surface area contributed by atoms with Crippen molar-refractivity contribution in [3.8, 4) is 5.75 Å². The number of amides is 2. The third-order valence-electron chi connectivity index (χ3n) is 4.28. The van der Waals surface area contributed by atoms with Crippen LogP contribution < -0.4 is 10.1 Å². The van der Waals surface area contributed by atoms with Gasteiger partial charge >= 0.3 is 0 Å². The van der Waals surface area contributed by atoms with Gasteiger partial charge in [-0.15, -0.1) is 10.2 Å². The Morgan fingerprint density at radius 3 is 2.77 bits per heavy atom. The number of hydrogen-bond acceptors (Lipinski definition) is 6. The zero-order chi connectivity index (χ0) is 18.1. The van der Waals surface area contributed by atoms with Gasteiger partial charge in [-0.05, 0) is 31.4 Å². The first-order valence-corrected chi connectivity index (χ1v) is 9.69. The van der Waals surface area contributed by atoms with Gasteiger partial charge in [0.25, 0.3) is 0 Å². The number of carbonyl (C=O) groups excluding carboxylic acids is 2. The van der Waals surface area contributed by atoms with Crippen LogP contribution in [0.15, 0.2) is 29.4 Å². The molecule has 7 nitrogen and oxygen atoms in total. The zero-order valence-electron chi connectivity index (χ0n) is 13.9. The number of imide groups is 1. The summed E-state index contributed by atoms with van der Waals surface area (Å²) in [7, 11) is 0. The van der Waals surface area contributed by atoms with Crippen LogP contribution in [0.4, 0.5) is 0 Å². The van der Waals surface area contributed by atoms with Crippen LogP contribution in [0, 0.1) is 0 Å². The highest BCUT2D eigenvalue weighted by Crippen LogP contribution is 2.40. The minimum atomic E-state index is -0.327. The number of piperidine rings is 1. The van der Waals surface area contributed by atoms with E-state index in [1.165, 1.54) is 11.8 Å². The maximum Gasteiger partial charge on any atom is 0.240 e. The number of rotatable bonds is 6. The van der Waals surface area contributed by atoms with Gasteiger partial charge in [-0.25, -0.2) is 0 Å². The molecule has 1 saturated heterocycles. The van der Waals surface area contributed by atoms with Crippen LogP contribution in [0.5, 0.6) is 5.75 Å². The lowest BCUT2D eigenvalue weighted by molar-refractivity contribution is -0.132. The van der Waals surface area contributed by atoms with E-state index in [2.05, 4.69) is 15.5 Å². The molecular weight excluding hydrogens is 376 g/mol. The summed E-state index contributed by atoms with van der Waals surface area (Å²) in [5.74, 6) is 0.830. The minimum absolute atomic E-state index is 0.218. The fourth-order valence-electron chi connectivity index (χ4n) is 2.80. The van der Waals surface area contributed by atoms with Crippen LogP contribution in [0.1, 0.15) is 37.5 Å². The van der Waals surface area contributed by atoms with Gasteiger partial charge in [0.05, 0.1) is 10.3 Å². The molecule has 1 aliphatic heterocycles. The number of nitrogens with zero attached hydrogens (tertiary/aromatic N) is 3. The molecule has 1 atom stereocenters. The van der Waals surface area contributed by atoms with Crippen molar-refractivity contribution in [3.05, 3.63) is 35.1 Å². The van der Waals surface area contributed by atoms with E-state index in [1.54, 1.807) is 12.1 Å². The van der Waals surface area contributed by atoms with Crippen molar-refractivity contribution in [3.63, 3.8) is 0 Å². The molecule has 1 unspecified atom stereocenters. The molecule has 4 rings (SSSR count). The molecule has 2 aromatic rings. The van der Waals surface area contributed by atoms with Gasteiger partial charge in [0.2, 0.25) is 11.8 Å². The van der Waals surface area contributed by atoms with E-state index in [0.29, 0.717) is 40.6 Å². The largest absolute Gasteiger partial charge is 0.484 e. The first-order valence-electron chi connectivity index (χ1n) is 8.43. The van der Waals surface area contributed by atoms with E-state index in [1.807, 2.05) is 16.7 Å². The lowest BCUT2D eigenvalue weighted by Gasteiger charge is -2.20.